The lowest BCUT2D eigenvalue weighted by molar-refractivity contribution is -0.150. The second kappa shape index (κ2) is 10.0. The molecule has 5 nitrogen and oxygen atoms in total. The Labute approximate surface area is 174 Å². The highest BCUT2D eigenvalue weighted by Gasteiger charge is 2.37. The van der Waals surface area contributed by atoms with Crippen LogP contribution in [0.4, 0.5) is 0 Å². The van der Waals surface area contributed by atoms with Crippen molar-refractivity contribution in [1.29, 1.82) is 0 Å². The zero-order chi connectivity index (χ0) is 20.1. The van der Waals surface area contributed by atoms with E-state index in [4.69, 9.17) is 40.4 Å². The SMILES string of the molecule is CCC(=S)N(C)P(=S)(SC(C)C)N(C)C(=O)C(=O)Oc1ccc(Cl)cc1. The fourth-order valence-electron chi connectivity index (χ4n) is 1.89. The smallest absolute Gasteiger partial charge is 0.402 e. The van der Waals surface area contributed by atoms with Gasteiger partial charge in [0.25, 0.3) is 0 Å². The first-order chi connectivity index (χ1) is 12.0. The van der Waals surface area contributed by atoms with Crippen molar-refractivity contribution in [2.75, 3.05) is 14.1 Å². The van der Waals surface area contributed by atoms with Crippen LogP contribution in [0.5, 0.6) is 5.75 Å². The zero-order valence-electron chi connectivity index (χ0n) is 15.3. The van der Waals surface area contributed by atoms with Gasteiger partial charge in [-0.2, -0.15) is 0 Å². The molecule has 0 fully saturated rings. The maximum absolute atomic E-state index is 12.7. The molecule has 1 amide bonds. The number of hydrogen-bond donors (Lipinski definition) is 0. The summed E-state index contributed by atoms with van der Waals surface area (Å²) in [6.07, 6.45) is 0.625. The average Bonchev–Trinajstić information content (AvgIpc) is 2.60. The van der Waals surface area contributed by atoms with E-state index in [-0.39, 0.29) is 11.0 Å². The molecular formula is C16H22ClN2O3PS3. The van der Waals surface area contributed by atoms with Gasteiger partial charge in [-0.3, -0.25) is 9.46 Å². The van der Waals surface area contributed by atoms with Gasteiger partial charge in [0, 0.05) is 24.4 Å². The molecule has 10 heteroatoms. The molecule has 0 radical (unpaired) electrons. The largest absolute Gasteiger partial charge is 0.419 e. The second-order valence-electron chi connectivity index (χ2n) is 5.59. The van der Waals surface area contributed by atoms with Crippen LogP contribution in [-0.2, 0) is 21.4 Å². The molecule has 0 spiro atoms. The Hall–Kier alpha value is -0.660. The highest BCUT2D eigenvalue weighted by Crippen LogP contribution is 2.65. The van der Waals surface area contributed by atoms with E-state index in [9.17, 15) is 9.59 Å². The van der Waals surface area contributed by atoms with Gasteiger partial charge in [-0.1, -0.05) is 56.0 Å². The van der Waals surface area contributed by atoms with E-state index < -0.39 is 17.4 Å². The van der Waals surface area contributed by atoms with Gasteiger partial charge in [0.2, 0.25) is 0 Å². The Balaban J connectivity index is 3.05. The van der Waals surface area contributed by atoms with Crippen molar-refractivity contribution in [3.05, 3.63) is 29.3 Å². The number of thiocarbonyl (C=S) groups is 1. The molecule has 0 aliphatic carbocycles. The third-order valence-corrected chi connectivity index (χ3v) is 12.7. The van der Waals surface area contributed by atoms with Crippen LogP contribution in [0.2, 0.25) is 5.02 Å². The van der Waals surface area contributed by atoms with Crippen molar-refractivity contribution in [1.82, 2.24) is 9.34 Å². The van der Waals surface area contributed by atoms with Gasteiger partial charge in [-0.25, -0.2) is 4.79 Å². The van der Waals surface area contributed by atoms with E-state index >= 15 is 0 Å². The van der Waals surface area contributed by atoms with E-state index in [0.29, 0.717) is 16.4 Å². The number of ether oxygens (including phenoxy) is 1. The Morgan fingerprint density at radius 1 is 1.23 bits per heavy atom. The third-order valence-electron chi connectivity index (χ3n) is 3.26. The first-order valence-corrected chi connectivity index (χ1v) is 12.8. The van der Waals surface area contributed by atoms with Crippen molar-refractivity contribution >= 4 is 69.4 Å². The van der Waals surface area contributed by atoms with Gasteiger partial charge in [0.1, 0.15) is 5.75 Å². The molecular weight excluding hydrogens is 431 g/mol. The van der Waals surface area contributed by atoms with Crippen LogP contribution in [0.25, 0.3) is 0 Å². The van der Waals surface area contributed by atoms with Crippen molar-refractivity contribution in [2.45, 2.75) is 32.4 Å². The number of rotatable bonds is 6. The van der Waals surface area contributed by atoms with Crippen LogP contribution in [0.15, 0.2) is 24.3 Å². The molecule has 26 heavy (non-hydrogen) atoms. The van der Waals surface area contributed by atoms with Crippen LogP contribution in [0.3, 0.4) is 0 Å². The summed E-state index contributed by atoms with van der Waals surface area (Å²) < 4.78 is 8.21. The third kappa shape index (κ3) is 5.92. The fourth-order valence-corrected chi connectivity index (χ4v) is 9.73. The lowest BCUT2D eigenvalue weighted by Crippen LogP contribution is -2.38. The molecule has 0 aliphatic rings. The number of hydrogen-bond acceptors (Lipinski definition) is 6. The number of benzene rings is 1. The summed E-state index contributed by atoms with van der Waals surface area (Å²) in [5.74, 6) is -1.56. The van der Waals surface area contributed by atoms with Crippen molar-refractivity contribution in [2.24, 2.45) is 0 Å². The van der Waals surface area contributed by atoms with Crippen molar-refractivity contribution in [3.8, 4) is 5.75 Å². The molecule has 0 bridgehead atoms. The summed E-state index contributed by atoms with van der Waals surface area (Å²) in [4.78, 5) is 25.6. The van der Waals surface area contributed by atoms with Gasteiger partial charge < -0.3 is 9.41 Å². The number of carbonyl (C=O) groups is 2. The van der Waals surface area contributed by atoms with Crippen molar-refractivity contribution in [3.63, 3.8) is 0 Å². The van der Waals surface area contributed by atoms with E-state index in [1.807, 2.05) is 20.8 Å². The highest BCUT2D eigenvalue weighted by molar-refractivity contribution is 8.69. The molecule has 0 N–H and O–H groups in total. The second-order valence-corrected chi connectivity index (χ2v) is 14.2. The van der Waals surface area contributed by atoms with E-state index in [1.165, 1.54) is 35.2 Å². The molecule has 0 saturated heterocycles. The molecule has 144 valence electrons. The minimum absolute atomic E-state index is 0.158. The van der Waals surface area contributed by atoms with Crippen LogP contribution in [-0.4, -0.2) is 45.6 Å². The molecule has 1 aromatic carbocycles. The number of amides is 1. The van der Waals surface area contributed by atoms with Gasteiger partial charge >= 0.3 is 11.9 Å². The maximum Gasteiger partial charge on any atom is 0.402 e. The quantitative estimate of drug-likeness (QED) is 0.203. The summed E-state index contributed by atoms with van der Waals surface area (Å²) >= 11 is 18.5. The molecule has 1 aromatic rings. The first-order valence-electron chi connectivity index (χ1n) is 7.84. The molecule has 0 aliphatic heterocycles. The van der Waals surface area contributed by atoms with Crippen LogP contribution in [0, 0.1) is 0 Å². The standard InChI is InChI=1S/C16H22ClN2O3PS3/c1-6-14(24)18(4)23(25,26-11(2)3)19(5)15(20)16(21)22-13-9-7-12(17)8-10-13/h7-11H,6H2,1-5H3. The lowest BCUT2D eigenvalue weighted by atomic mass is 10.3. The van der Waals surface area contributed by atoms with Gasteiger partial charge in [-0.05, 0) is 42.5 Å². The van der Waals surface area contributed by atoms with E-state index in [0.717, 1.165) is 0 Å². The summed E-state index contributed by atoms with van der Waals surface area (Å²) in [6, 6.07) is 6.19. The van der Waals surface area contributed by atoms with Gasteiger partial charge in [0.05, 0.1) is 4.99 Å². The van der Waals surface area contributed by atoms with Gasteiger partial charge in [-0.15, -0.1) is 0 Å². The van der Waals surface area contributed by atoms with E-state index in [1.54, 1.807) is 23.9 Å². The molecule has 1 atom stereocenters. The number of halogens is 1. The summed E-state index contributed by atoms with van der Waals surface area (Å²) in [5, 5.41) is 0.664. The monoisotopic (exact) mass is 452 g/mol. The lowest BCUT2D eigenvalue weighted by Gasteiger charge is -2.39. The normalized spacial score (nSPS) is 13.0. The van der Waals surface area contributed by atoms with E-state index in [2.05, 4.69) is 0 Å². The summed E-state index contributed by atoms with van der Waals surface area (Å²) in [6.45, 7) is 5.90. The predicted octanol–water partition coefficient (Wildman–Crippen LogP) is 4.74. The molecule has 0 saturated carbocycles. The van der Waals surface area contributed by atoms with Crippen LogP contribution in [0.1, 0.15) is 27.2 Å². The Morgan fingerprint density at radius 3 is 2.23 bits per heavy atom. The van der Waals surface area contributed by atoms with Crippen LogP contribution < -0.4 is 4.74 Å². The summed E-state index contributed by atoms with van der Waals surface area (Å²) in [5.41, 5.74) is -2.65. The number of carbonyl (C=O) groups excluding carboxylic acids is 2. The molecule has 0 heterocycles. The first kappa shape index (κ1) is 23.4. The predicted molar refractivity (Wildman–Crippen MR) is 118 cm³/mol. The Morgan fingerprint density at radius 2 is 1.77 bits per heavy atom. The Bertz CT molecular complexity index is 728. The topological polar surface area (TPSA) is 49.9 Å². The summed E-state index contributed by atoms with van der Waals surface area (Å²) in [7, 11) is 3.30. The molecule has 1 unspecified atom stereocenters. The van der Waals surface area contributed by atoms with Crippen molar-refractivity contribution < 1.29 is 14.3 Å². The maximum atomic E-state index is 12.7. The van der Waals surface area contributed by atoms with Gasteiger partial charge in [0.15, 0.2) is 5.54 Å². The number of esters is 1. The average molecular weight is 453 g/mol. The van der Waals surface area contributed by atoms with Crippen LogP contribution >= 0.6 is 40.7 Å². The number of nitrogens with zero attached hydrogens (tertiary/aromatic N) is 2. The minimum atomic E-state index is -2.65. The fraction of sp³-hybridized carbons (Fsp3) is 0.438. The zero-order valence-corrected chi connectivity index (χ0v) is 19.4. The molecule has 1 rings (SSSR count). The molecule has 0 aromatic heterocycles. The number of likely N-dealkylation sites (N-methyl/N-ethyl adjacent to an activating group) is 1. The minimum Gasteiger partial charge on any atom is -0.419 e. The Kier molecular flexibility index (Phi) is 9.03. The highest BCUT2D eigenvalue weighted by atomic mass is 35.5.